The second-order valence-corrected chi connectivity index (χ2v) is 8.65. The normalized spacial score (nSPS) is 23.3. The van der Waals surface area contributed by atoms with Crippen molar-refractivity contribution in [2.75, 3.05) is 33.7 Å². The number of thiazole rings is 1. The highest BCUT2D eigenvalue weighted by Crippen LogP contribution is 2.44. The zero-order chi connectivity index (χ0) is 18.3. The SMILES string of the molecule is Cc1ccccc1[C@@H]1[C@H]2CNC[C@H]2CN1C(=O)c1csc(CN(C)C)n1.Cl.Cl. The number of carbonyl (C=O) groups excluding carboxylic acids is 1. The summed E-state index contributed by atoms with van der Waals surface area (Å²) < 4.78 is 0. The van der Waals surface area contributed by atoms with E-state index in [0.717, 1.165) is 31.2 Å². The average molecular weight is 443 g/mol. The number of aryl methyl sites for hydroxylation is 1. The van der Waals surface area contributed by atoms with E-state index in [1.807, 2.05) is 19.5 Å². The fraction of sp³-hybridized carbons (Fsp3) is 0.500. The maximum Gasteiger partial charge on any atom is 0.273 e. The average Bonchev–Trinajstić information content (AvgIpc) is 3.30. The van der Waals surface area contributed by atoms with Crippen LogP contribution in [0.1, 0.15) is 32.7 Å². The molecule has 8 heteroatoms. The Balaban J connectivity index is 0.00000140. The molecule has 3 atom stereocenters. The van der Waals surface area contributed by atoms with Crippen molar-refractivity contribution in [2.24, 2.45) is 11.8 Å². The number of fused-ring (bicyclic) bond motifs is 1. The molecule has 154 valence electrons. The van der Waals surface area contributed by atoms with E-state index in [2.05, 4.69) is 51.3 Å². The Morgan fingerprint density at radius 1 is 1.29 bits per heavy atom. The van der Waals surface area contributed by atoms with Gasteiger partial charge in [0.1, 0.15) is 10.7 Å². The van der Waals surface area contributed by atoms with Crippen LogP contribution in [0, 0.1) is 18.8 Å². The summed E-state index contributed by atoms with van der Waals surface area (Å²) in [4.78, 5) is 22.1. The van der Waals surface area contributed by atoms with Crippen LogP contribution in [0.5, 0.6) is 0 Å². The second kappa shape index (κ2) is 9.55. The highest BCUT2D eigenvalue weighted by molar-refractivity contribution is 7.09. The topological polar surface area (TPSA) is 48.5 Å². The van der Waals surface area contributed by atoms with Crippen molar-refractivity contribution in [3.05, 3.63) is 51.5 Å². The van der Waals surface area contributed by atoms with Gasteiger partial charge in [0.05, 0.1) is 6.04 Å². The smallest absolute Gasteiger partial charge is 0.273 e. The van der Waals surface area contributed by atoms with E-state index in [9.17, 15) is 4.79 Å². The van der Waals surface area contributed by atoms with Crippen LogP contribution in [-0.4, -0.2) is 54.4 Å². The Labute approximate surface area is 183 Å². The summed E-state index contributed by atoms with van der Waals surface area (Å²) in [5.74, 6) is 1.09. The minimum absolute atomic E-state index is 0. The molecule has 1 aromatic carbocycles. The van der Waals surface area contributed by atoms with Crippen LogP contribution in [0.25, 0.3) is 0 Å². The first-order chi connectivity index (χ1) is 12.5. The van der Waals surface area contributed by atoms with Crippen LogP contribution >= 0.6 is 36.2 Å². The van der Waals surface area contributed by atoms with Gasteiger partial charge in [-0.15, -0.1) is 36.2 Å². The summed E-state index contributed by atoms with van der Waals surface area (Å²) in [6.45, 7) is 5.71. The van der Waals surface area contributed by atoms with Gasteiger partial charge in [-0.25, -0.2) is 4.98 Å². The fourth-order valence-electron chi connectivity index (χ4n) is 4.35. The number of nitrogens with one attached hydrogen (secondary N) is 1. The van der Waals surface area contributed by atoms with E-state index in [0.29, 0.717) is 17.5 Å². The second-order valence-electron chi connectivity index (χ2n) is 7.71. The molecule has 0 unspecified atom stereocenters. The van der Waals surface area contributed by atoms with Crippen LogP contribution in [0.15, 0.2) is 29.6 Å². The zero-order valence-electron chi connectivity index (χ0n) is 16.4. The summed E-state index contributed by atoms with van der Waals surface area (Å²) in [5, 5.41) is 6.42. The Hall–Kier alpha value is -1.18. The Morgan fingerprint density at radius 2 is 2.04 bits per heavy atom. The molecule has 0 bridgehead atoms. The molecule has 28 heavy (non-hydrogen) atoms. The monoisotopic (exact) mass is 442 g/mol. The van der Waals surface area contributed by atoms with Crippen molar-refractivity contribution in [1.29, 1.82) is 0 Å². The van der Waals surface area contributed by atoms with Crippen LogP contribution < -0.4 is 5.32 Å². The van der Waals surface area contributed by atoms with Crippen molar-refractivity contribution >= 4 is 42.1 Å². The lowest BCUT2D eigenvalue weighted by molar-refractivity contribution is 0.0708. The maximum absolute atomic E-state index is 13.3. The standard InChI is InChI=1S/C20H26N4OS.2ClH/c1-13-6-4-5-7-15(13)19-16-9-21-8-14(16)10-24(19)20(25)17-12-26-18(22-17)11-23(2)3;;/h4-7,12,14,16,19,21H,8-11H2,1-3H3;2*1H/t14-,16-,19+;;/m0../s1. The van der Waals surface area contributed by atoms with Gasteiger partial charge in [-0.2, -0.15) is 0 Å². The molecule has 3 heterocycles. The van der Waals surface area contributed by atoms with Gasteiger partial charge < -0.3 is 15.1 Å². The van der Waals surface area contributed by atoms with Crippen molar-refractivity contribution in [3.8, 4) is 0 Å². The molecular weight excluding hydrogens is 415 g/mol. The van der Waals surface area contributed by atoms with Gasteiger partial charge in [-0.3, -0.25) is 4.79 Å². The lowest BCUT2D eigenvalue weighted by Crippen LogP contribution is -2.35. The summed E-state index contributed by atoms with van der Waals surface area (Å²) in [6.07, 6.45) is 0. The van der Waals surface area contributed by atoms with Crippen LogP contribution in [0.2, 0.25) is 0 Å². The molecule has 0 radical (unpaired) electrons. The van der Waals surface area contributed by atoms with E-state index in [1.54, 1.807) is 11.3 Å². The van der Waals surface area contributed by atoms with Gasteiger partial charge in [0, 0.05) is 37.5 Å². The minimum Gasteiger partial charge on any atom is -0.330 e. The van der Waals surface area contributed by atoms with E-state index < -0.39 is 0 Å². The number of halogens is 2. The third kappa shape index (κ3) is 4.36. The first kappa shape index (κ1) is 23.1. The number of hydrogen-bond donors (Lipinski definition) is 1. The number of rotatable bonds is 4. The number of likely N-dealkylation sites (tertiary alicyclic amines) is 1. The number of nitrogens with zero attached hydrogens (tertiary/aromatic N) is 3. The predicted octanol–water partition coefficient (Wildman–Crippen LogP) is 3.39. The molecule has 1 aromatic heterocycles. The maximum atomic E-state index is 13.3. The van der Waals surface area contributed by atoms with Crippen molar-refractivity contribution < 1.29 is 4.79 Å². The lowest BCUT2D eigenvalue weighted by atomic mass is 9.87. The van der Waals surface area contributed by atoms with Gasteiger partial charge in [0.2, 0.25) is 0 Å². The van der Waals surface area contributed by atoms with Gasteiger partial charge in [0.25, 0.3) is 5.91 Å². The Morgan fingerprint density at radius 3 is 2.75 bits per heavy atom. The van der Waals surface area contributed by atoms with Crippen molar-refractivity contribution in [3.63, 3.8) is 0 Å². The molecule has 1 N–H and O–H groups in total. The summed E-state index contributed by atoms with van der Waals surface area (Å²) in [6, 6.07) is 8.62. The number of hydrogen-bond acceptors (Lipinski definition) is 5. The van der Waals surface area contributed by atoms with E-state index in [1.165, 1.54) is 11.1 Å². The van der Waals surface area contributed by atoms with Crippen molar-refractivity contribution in [2.45, 2.75) is 19.5 Å². The molecule has 2 fully saturated rings. The molecule has 2 saturated heterocycles. The quantitative estimate of drug-likeness (QED) is 0.787. The molecule has 2 aliphatic heterocycles. The summed E-state index contributed by atoms with van der Waals surface area (Å²) in [5.41, 5.74) is 3.13. The van der Waals surface area contributed by atoms with E-state index in [-0.39, 0.29) is 36.8 Å². The fourth-order valence-corrected chi connectivity index (χ4v) is 5.23. The zero-order valence-corrected chi connectivity index (χ0v) is 18.9. The predicted molar refractivity (Wildman–Crippen MR) is 119 cm³/mol. The van der Waals surface area contributed by atoms with Crippen LogP contribution in [-0.2, 0) is 6.54 Å². The number of benzene rings is 1. The third-order valence-electron chi connectivity index (χ3n) is 5.55. The first-order valence-corrected chi connectivity index (χ1v) is 10.1. The molecule has 0 saturated carbocycles. The number of amides is 1. The summed E-state index contributed by atoms with van der Waals surface area (Å²) in [7, 11) is 4.04. The molecule has 0 spiro atoms. The number of aromatic nitrogens is 1. The molecule has 2 aliphatic rings. The van der Waals surface area contributed by atoms with Crippen LogP contribution in [0.4, 0.5) is 0 Å². The van der Waals surface area contributed by atoms with E-state index >= 15 is 0 Å². The molecule has 0 aliphatic carbocycles. The molecule has 2 aromatic rings. The Kier molecular flexibility index (Phi) is 7.88. The van der Waals surface area contributed by atoms with Gasteiger partial charge >= 0.3 is 0 Å². The molecule has 5 nitrogen and oxygen atoms in total. The van der Waals surface area contributed by atoms with Gasteiger partial charge in [-0.05, 0) is 38.1 Å². The number of carbonyl (C=O) groups is 1. The summed E-state index contributed by atoms with van der Waals surface area (Å²) >= 11 is 1.57. The first-order valence-electron chi connectivity index (χ1n) is 9.21. The minimum atomic E-state index is 0. The van der Waals surface area contributed by atoms with Gasteiger partial charge in [0.15, 0.2) is 0 Å². The van der Waals surface area contributed by atoms with Crippen molar-refractivity contribution in [1.82, 2.24) is 20.1 Å². The highest BCUT2D eigenvalue weighted by Gasteiger charge is 2.47. The molecule has 1 amide bonds. The Bertz CT molecular complexity index is 813. The lowest BCUT2D eigenvalue weighted by Gasteiger charge is -2.29. The van der Waals surface area contributed by atoms with E-state index in [4.69, 9.17) is 0 Å². The third-order valence-corrected chi connectivity index (χ3v) is 6.39. The highest BCUT2D eigenvalue weighted by atomic mass is 35.5. The molecular formula is C20H28Cl2N4OS. The largest absolute Gasteiger partial charge is 0.330 e. The molecule has 4 rings (SSSR count). The van der Waals surface area contributed by atoms with Crippen LogP contribution in [0.3, 0.4) is 0 Å². The van der Waals surface area contributed by atoms with Gasteiger partial charge in [-0.1, -0.05) is 24.3 Å².